The van der Waals surface area contributed by atoms with E-state index in [0.717, 1.165) is 22.6 Å². The minimum Gasteiger partial charge on any atom is -0.550 e. The molecular formula is C19H17N2O3S-. The number of aliphatic carboxylic acids is 1. The molecule has 3 aromatic rings. The van der Waals surface area contributed by atoms with Crippen molar-refractivity contribution in [1.82, 2.24) is 4.98 Å². The number of anilines is 2. The normalized spacial score (nSPS) is 10.5. The molecule has 1 aromatic heterocycles. The van der Waals surface area contributed by atoms with Gasteiger partial charge in [-0.15, -0.1) is 11.3 Å². The van der Waals surface area contributed by atoms with Gasteiger partial charge < -0.3 is 20.0 Å². The van der Waals surface area contributed by atoms with E-state index in [1.54, 1.807) is 7.11 Å². The van der Waals surface area contributed by atoms with Crippen LogP contribution >= 0.6 is 11.3 Å². The molecule has 1 heterocycles. The molecule has 0 saturated carbocycles. The van der Waals surface area contributed by atoms with Gasteiger partial charge in [-0.3, -0.25) is 0 Å². The molecule has 0 unspecified atom stereocenters. The molecule has 0 aliphatic heterocycles. The van der Waals surface area contributed by atoms with Crippen molar-refractivity contribution >= 4 is 28.1 Å². The number of benzene rings is 2. The van der Waals surface area contributed by atoms with E-state index in [9.17, 15) is 9.90 Å². The quantitative estimate of drug-likeness (QED) is 0.737. The monoisotopic (exact) mass is 353 g/mol. The van der Waals surface area contributed by atoms with Gasteiger partial charge in [0.2, 0.25) is 0 Å². The highest BCUT2D eigenvalue weighted by atomic mass is 32.1. The van der Waals surface area contributed by atoms with Gasteiger partial charge >= 0.3 is 0 Å². The van der Waals surface area contributed by atoms with Crippen LogP contribution in [-0.2, 0) is 11.2 Å². The first kappa shape index (κ1) is 17.0. The van der Waals surface area contributed by atoms with Crippen molar-refractivity contribution in [2.45, 2.75) is 13.3 Å². The standard InChI is InChI=1S/C19H18N2O3S/c1-12-3-5-13(6-4-12)18-16(11-17(22)23)25-19(21-18)20-14-7-9-15(24-2)10-8-14/h3-10H,11H2,1-2H3,(H,20,21)(H,22,23)/p-1. The summed E-state index contributed by atoms with van der Waals surface area (Å²) in [5, 5.41) is 14.9. The third-order valence-corrected chi connectivity index (χ3v) is 4.64. The van der Waals surface area contributed by atoms with Crippen LogP contribution in [0.4, 0.5) is 10.8 Å². The summed E-state index contributed by atoms with van der Waals surface area (Å²) in [6.07, 6.45) is -0.162. The minimum atomic E-state index is -1.12. The molecule has 0 atom stereocenters. The summed E-state index contributed by atoms with van der Waals surface area (Å²) in [6.45, 7) is 2.00. The van der Waals surface area contributed by atoms with E-state index < -0.39 is 5.97 Å². The Hall–Kier alpha value is -2.86. The van der Waals surface area contributed by atoms with Crippen LogP contribution in [0.25, 0.3) is 11.3 Å². The first-order chi connectivity index (χ1) is 12.0. The van der Waals surface area contributed by atoms with Crippen LogP contribution in [-0.4, -0.2) is 18.1 Å². The molecule has 0 fully saturated rings. The second-order valence-electron chi connectivity index (χ2n) is 5.56. The van der Waals surface area contributed by atoms with Crippen molar-refractivity contribution in [3.05, 3.63) is 59.0 Å². The van der Waals surface area contributed by atoms with E-state index in [0.29, 0.717) is 15.7 Å². The lowest BCUT2D eigenvalue weighted by Crippen LogP contribution is -2.24. The zero-order valence-corrected chi connectivity index (χ0v) is 14.7. The number of carboxylic acids is 1. The summed E-state index contributed by atoms with van der Waals surface area (Å²) in [4.78, 5) is 16.3. The maximum Gasteiger partial charge on any atom is 0.187 e. The van der Waals surface area contributed by atoms with Crippen molar-refractivity contribution in [1.29, 1.82) is 0 Å². The summed E-state index contributed by atoms with van der Waals surface area (Å²) < 4.78 is 5.14. The molecule has 0 aliphatic rings. The van der Waals surface area contributed by atoms with E-state index in [-0.39, 0.29) is 6.42 Å². The number of hydrogen-bond acceptors (Lipinski definition) is 6. The first-order valence-electron chi connectivity index (χ1n) is 7.73. The molecule has 6 heteroatoms. The number of aromatic nitrogens is 1. The van der Waals surface area contributed by atoms with Crippen LogP contribution in [0.5, 0.6) is 5.75 Å². The van der Waals surface area contributed by atoms with Crippen molar-refractivity contribution < 1.29 is 14.6 Å². The molecule has 0 aliphatic carbocycles. The van der Waals surface area contributed by atoms with Crippen molar-refractivity contribution in [3.8, 4) is 17.0 Å². The maximum atomic E-state index is 11.1. The molecule has 0 bridgehead atoms. The van der Waals surface area contributed by atoms with E-state index in [4.69, 9.17) is 4.74 Å². The molecule has 0 amide bonds. The first-order valence-corrected chi connectivity index (χ1v) is 8.54. The molecule has 25 heavy (non-hydrogen) atoms. The number of thiazole rings is 1. The summed E-state index contributed by atoms with van der Waals surface area (Å²) in [5.74, 6) is -0.351. The predicted octanol–water partition coefficient (Wildman–Crippen LogP) is 3.16. The second-order valence-corrected chi connectivity index (χ2v) is 6.64. The van der Waals surface area contributed by atoms with Gasteiger partial charge in [-0.1, -0.05) is 29.8 Å². The van der Waals surface area contributed by atoms with E-state index in [1.807, 2.05) is 55.5 Å². The fraction of sp³-hybridized carbons (Fsp3) is 0.158. The Morgan fingerprint density at radius 2 is 1.84 bits per heavy atom. The van der Waals surface area contributed by atoms with Crippen LogP contribution in [0.15, 0.2) is 48.5 Å². The highest BCUT2D eigenvalue weighted by molar-refractivity contribution is 7.16. The van der Waals surface area contributed by atoms with Crippen molar-refractivity contribution in [2.75, 3.05) is 12.4 Å². The van der Waals surface area contributed by atoms with Gasteiger partial charge in [0.1, 0.15) is 5.75 Å². The number of ether oxygens (including phenoxy) is 1. The summed E-state index contributed by atoms with van der Waals surface area (Å²) in [6, 6.07) is 15.3. The fourth-order valence-electron chi connectivity index (χ4n) is 2.39. The molecular weight excluding hydrogens is 336 g/mol. The van der Waals surface area contributed by atoms with E-state index in [1.165, 1.54) is 11.3 Å². The lowest BCUT2D eigenvalue weighted by atomic mass is 10.1. The van der Waals surface area contributed by atoms with Crippen LogP contribution < -0.4 is 15.2 Å². The Kier molecular flexibility index (Phi) is 5.00. The van der Waals surface area contributed by atoms with Gasteiger partial charge in [0.15, 0.2) is 5.13 Å². The predicted molar refractivity (Wildman–Crippen MR) is 97.3 cm³/mol. The third-order valence-electron chi connectivity index (χ3n) is 3.67. The van der Waals surface area contributed by atoms with Crippen LogP contribution in [0.2, 0.25) is 0 Å². The fourth-order valence-corrected chi connectivity index (χ4v) is 3.38. The summed E-state index contributed by atoms with van der Waals surface area (Å²) >= 11 is 1.32. The Morgan fingerprint density at radius 3 is 2.44 bits per heavy atom. The topological polar surface area (TPSA) is 74.3 Å². The van der Waals surface area contributed by atoms with Gasteiger partial charge in [0.25, 0.3) is 0 Å². The van der Waals surface area contributed by atoms with Crippen molar-refractivity contribution in [2.24, 2.45) is 0 Å². The summed E-state index contributed by atoms with van der Waals surface area (Å²) in [7, 11) is 1.61. The van der Waals surface area contributed by atoms with Crippen LogP contribution in [0.3, 0.4) is 0 Å². The molecule has 0 radical (unpaired) electrons. The number of hydrogen-bond donors (Lipinski definition) is 1. The largest absolute Gasteiger partial charge is 0.550 e. The minimum absolute atomic E-state index is 0.162. The maximum absolute atomic E-state index is 11.1. The summed E-state index contributed by atoms with van der Waals surface area (Å²) in [5.41, 5.74) is 3.55. The molecule has 3 rings (SSSR count). The molecule has 1 N–H and O–H groups in total. The lowest BCUT2D eigenvalue weighted by Gasteiger charge is -2.04. The number of aryl methyl sites for hydroxylation is 1. The highest BCUT2D eigenvalue weighted by Gasteiger charge is 2.14. The Labute approximate surface area is 149 Å². The molecule has 128 valence electrons. The van der Waals surface area contributed by atoms with Gasteiger partial charge in [-0.05, 0) is 31.2 Å². The third kappa shape index (κ3) is 4.16. The number of methoxy groups -OCH3 is 1. The zero-order valence-electron chi connectivity index (χ0n) is 13.9. The van der Waals surface area contributed by atoms with Gasteiger partial charge in [0, 0.05) is 28.5 Å². The van der Waals surface area contributed by atoms with E-state index in [2.05, 4.69) is 10.3 Å². The van der Waals surface area contributed by atoms with Gasteiger partial charge in [-0.2, -0.15) is 0 Å². The molecule has 0 saturated heterocycles. The Bertz CT molecular complexity index is 871. The second kappa shape index (κ2) is 7.36. The number of carboxylic acid groups (broad SMARTS) is 1. The number of nitrogens with zero attached hydrogens (tertiary/aromatic N) is 1. The Morgan fingerprint density at radius 1 is 1.16 bits per heavy atom. The smallest absolute Gasteiger partial charge is 0.187 e. The van der Waals surface area contributed by atoms with Crippen molar-refractivity contribution in [3.63, 3.8) is 0 Å². The molecule has 2 aromatic carbocycles. The zero-order chi connectivity index (χ0) is 17.8. The highest BCUT2D eigenvalue weighted by Crippen LogP contribution is 2.33. The number of rotatable bonds is 6. The lowest BCUT2D eigenvalue weighted by molar-refractivity contribution is -0.304. The average molecular weight is 353 g/mol. The number of nitrogens with one attached hydrogen (secondary N) is 1. The number of carbonyl (C=O) groups is 1. The molecule has 5 nitrogen and oxygen atoms in total. The van der Waals surface area contributed by atoms with E-state index >= 15 is 0 Å². The van der Waals surface area contributed by atoms with Gasteiger partial charge in [0.05, 0.1) is 12.8 Å². The van der Waals surface area contributed by atoms with Crippen LogP contribution in [0, 0.1) is 6.92 Å². The Balaban J connectivity index is 1.91. The van der Waals surface area contributed by atoms with Crippen LogP contribution in [0.1, 0.15) is 10.4 Å². The average Bonchev–Trinajstić information content (AvgIpc) is 2.98. The number of carbonyl (C=O) groups excluding carboxylic acids is 1. The van der Waals surface area contributed by atoms with Gasteiger partial charge in [-0.25, -0.2) is 4.98 Å². The molecule has 0 spiro atoms. The SMILES string of the molecule is COc1ccc(Nc2nc(-c3ccc(C)cc3)c(CC(=O)[O-])s2)cc1.